The Labute approximate surface area is 115 Å². The van der Waals surface area contributed by atoms with Crippen molar-refractivity contribution >= 4 is 33.3 Å². The van der Waals surface area contributed by atoms with E-state index >= 15 is 0 Å². The van der Waals surface area contributed by atoms with Gasteiger partial charge in [-0.3, -0.25) is 0 Å². The maximum Gasteiger partial charge on any atom is 0.145 e. The number of rotatable bonds is 3. The molecule has 0 aliphatic heterocycles. The van der Waals surface area contributed by atoms with Gasteiger partial charge in [-0.05, 0) is 28.4 Å². The fraction of sp³-hybridized carbons (Fsp3) is 0.583. The van der Waals surface area contributed by atoms with Gasteiger partial charge in [-0.2, -0.15) is 0 Å². The van der Waals surface area contributed by atoms with E-state index in [0.717, 1.165) is 16.7 Å². The first kappa shape index (κ1) is 13.1. The monoisotopic (exact) mass is 318 g/mol. The Morgan fingerprint density at radius 3 is 2.82 bits per heavy atom. The number of anilines is 1. The lowest BCUT2D eigenvalue weighted by molar-refractivity contribution is -0.0795. The first-order valence-corrected chi connectivity index (χ1v) is 6.72. The van der Waals surface area contributed by atoms with Gasteiger partial charge in [0.15, 0.2) is 0 Å². The lowest BCUT2D eigenvalue weighted by Gasteiger charge is -2.51. The fourth-order valence-corrected chi connectivity index (χ4v) is 2.90. The van der Waals surface area contributed by atoms with E-state index in [0.29, 0.717) is 17.2 Å². The summed E-state index contributed by atoms with van der Waals surface area (Å²) in [6.45, 7) is 4.38. The molecule has 17 heavy (non-hydrogen) atoms. The van der Waals surface area contributed by atoms with Crippen LogP contribution in [0.2, 0.25) is 5.02 Å². The second-order valence-corrected chi connectivity index (χ2v) is 6.29. The van der Waals surface area contributed by atoms with Gasteiger partial charge in [0, 0.05) is 29.2 Å². The Morgan fingerprint density at radius 2 is 2.29 bits per heavy atom. The van der Waals surface area contributed by atoms with Crippen LogP contribution < -0.4 is 5.32 Å². The highest BCUT2D eigenvalue weighted by atomic mass is 79.9. The van der Waals surface area contributed by atoms with Crippen LogP contribution in [0.5, 0.6) is 0 Å². The van der Waals surface area contributed by atoms with Crippen LogP contribution >= 0.6 is 27.5 Å². The van der Waals surface area contributed by atoms with Crippen molar-refractivity contribution in [2.45, 2.75) is 32.4 Å². The summed E-state index contributed by atoms with van der Waals surface area (Å²) in [5.41, 5.74) is 0.104. The van der Waals surface area contributed by atoms with E-state index in [-0.39, 0.29) is 5.41 Å². The summed E-state index contributed by atoms with van der Waals surface area (Å²) in [4.78, 5) is 4.29. The highest BCUT2D eigenvalue weighted by Gasteiger charge is 2.48. The van der Waals surface area contributed by atoms with Gasteiger partial charge in [0.25, 0.3) is 0 Å². The molecule has 1 aliphatic carbocycles. The maximum absolute atomic E-state index is 6.13. The number of methoxy groups -OCH3 is 1. The van der Waals surface area contributed by atoms with Crippen molar-refractivity contribution < 1.29 is 4.74 Å². The van der Waals surface area contributed by atoms with Crippen LogP contribution in [0.1, 0.15) is 20.3 Å². The first-order chi connectivity index (χ1) is 7.95. The molecule has 1 fully saturated rings. The maximum atomic E-state index is 6.13. The second kappa shape index (κ2) is 4.75. The Hall–Kier alpha value is -0.320. The van der Waals surface area contributed by atoms with Crippen molar-refractivity contribution in [3.05, 3.63) is 21.8 Å². The van der Waals surface area contributed by atoms with Crippen molar-refractivity contribution in [3.63, 3.8) is 0 Å². The van der Waals surface area contributed by atoms with Crippen LogP contribution in [-0.2, 0) is 4.74 Å². The minimum absolute atomic E-state index is 0.104. The fourth-order valence-electron chi connectivity index (χ4n) is 2.22. The largest absolute Gasteiger partial charge is 0.381 e. The summed E-state index contributed by atoms with van der Waals surface area (Å²) < 4.78 is 6.30. The molecule has 0 bridgehead atoms. The topological polar surface area (TPSA) is 34.1 Å². The highest BCUT2D eigenvalue weighted by Crippen LogP contribution is 2.44. The van der Waals surface area contributed by atoms with E-state index < -0.39 is 0 Å². The van der Waals surface area contributed by atoms with Gasteiger partial charge in [-0.25, -0.2) is 4.98 Å². The van der Waals surface area contributed by atoms with Gasteiger partial charge in [0.05, 0.1) is 11.1 Å². The number of halogens is 2. The van der Waals surface area contributed by atoms with Crippen molar-refractivity contribution in [2.75, 3.05) is 12.4 Å². The molecule has 0 spiro atoms. The Morgan fingerprint density at radius 1 is 1.59 bits per heavy atom. The van der Waals surface area contributed by atoms with Gasteiger partial charge in [-0.15, -0.1) is 0 Å². The van der Waals surface area contributed by atoms with Gasteiger partial charge >= 0.3 is 0 Å². The van der Waals surface area contributed by atoms with Gasteiger partial charge in [0.1, 0.15) is 5.82 Å². The average Bonchev–Trinajstić information content (AvgIpc) is 2.26. The van der Waals surface area contributed by atoms with Crippen LogP contribution in [0.25, 0.3) is 0 Å². The number of nitrogens with zero attached hydrogens (tertiary/aromatic N) is 1. The molecule has 0 saturated heterocycles. The minimum Gasteiger partial charge on any atom is -0.381 e. The molecule has 1 N–H and O–H groups in total. The molecule has 0 aromatic carbocycles. The van der Waals surface area contributed by atoms with Crippen LogP contribution in [-0.4, -0.2) is 24.2 Å². The summed E-state index contributed by atoms with van der Waals surface area (Å²) in [7, 11) is 1.76. The number of ether oxygens (including phenoxy) is 1. The predicted molar refractivity (Wildman–Crippen MR) is 73.6 cm³/mol. The highest BCUT2D eigenvalue weighted by molar-refractivity contribution is 9.10. The molecule has 0 radical (unpaired) electrons. The van der Waals surface area contributed by atoms with Crippen molar-refractivity contribution in [1.29, 1.82) is 0 Å². The lowest BCUT2D eigenvalue weighted by Crippen LogP contribution is -2.57. The molecule has 5 heteroatoms. The average molecular weight is 320 g/mol. The minimum atomic E-state index is 0.104. The van der Waals surface area contributed by atoms with E-state index in [1.54, 1.807) is 13.3 Å². The first-order valence-electron chi connectivity index (χ1n) is 5.55. The second-order valence-electron chi connectivity index (χ2n) is 4.96. The molecule has 2 atom stereocenters. The third-order valence-electron chi connectivity index (χ3n) is 3.58. The van der Waals surface area contributed by atoms with Crippen LogP contribution in [0.4, 0.5) is 5.82 Å². The summed E-state index contributed by atoms with van der Waals surface area (Å²) in [5, 5.41) is 4.02. The molecule has 0 amide bonds. The summed E-state index contributed by atoms with van der Waals surface area (Å²) >= 11 is 9.47. The Kier molecular flexibility index (Phi) is 3.66. The number of hydrogen-bond donors (Lipinski definition) is 1. The normalized spacial score (nSPS) is 26.4. The standard InChI is InChI=1S/C12H16BrClN2O/c1-12(2)9(5-10(12)17-3)16-11-8(14)4-7(13)6-15-11/h4,6,9-10H,5H2,1-3H3,(H,15,16). The zero-order chi connectivity index (χ0) is 12.6. The quantitative estimate of drug-likeness (QED) is 0.922. The van der Waals surface area contributed by atoms with Crippen LogP contribution in [0.15, 0.2) is 16.7 Å². The molecule has 1 aromatic heterocycles. The Balaban J connectivity index is 2.08. The van der Waals surface area contributed by atoms with Gasteiger partial charge in [-0.1, -0.05) is 25.4 Å². The van der Waals surface area contributed by atoms with Crippen LogP contribution in [0, 0.1) is 5.41 Å². The van der Waals surface area contributed by atoms with Crippen LogP contribution in [0.3, 0.4) is 0 Å². The van der Waals surface area contributed by atoms with E-state index in [4.69, 9.17) is 16.3 Å². The van der Waals surface area contributed by atoms with E-state index in [1.165, 1.54) is 0 Å². The predicted octanol–water partition coefficient (Wildman–Crippen LogP) is 3.72. The number of nitrogens with one attached hydrogen (secondary N) is 1. The molecule has 1 heterocycles. The number of aromatic nitrogens is 1. The third-order valence-corrected chi connectivity index (χ3v) is 4.30. The zero-order valence-electron chi connectivity index (χ0n) is 10.1. The molecular formula is C12H16BrClN2O. The SMILES string of the molecule is COC1CC(Nc2ncc(Br)cc2Cl)C1(C)C. The molecule has 1 aromatic rings. The molecule has 2 rings (SSSR count). The van der Waals surface area contributed by atoms with Crippen molar-refractivity contribution in [3.8, 4) is 0 Å². The lowest BCUT2D eigenvalue weighted by atomic mass is 9.64. The molecule has 94 valence electrons. The summed E-state index contributed by atoms with van der Waals surface area (Å²) in [6, 6.07) is 2.19. The van der Waals surface area contributed by atoms with Gasteiger partial charge in [0.2, 0.25) is 0 Å². The summed E-state index contributed by atoms with van der Waals surface area (Å²) in [6.07, 6.45) is 3.03. The summed E-state index contributed by atoms with van der Waals surface area (Å²) in [5.74, 6) is 0.738. The molecular weight excluding hydrogens is 304 g/mol. The van der Waals surface area contributed by atoms with E-state index in [1.807, 2.05) is 6.07 Å². The zero-order valence-corrected chi connectivity index (χ0v) is 12.5. The van der Waals surface area contributed by atoms with E-state index in [2.05, 4.69) is 40.1 Å². The van der Waals surface area contributed by atoms with E-state index in [9.17, 15) is 0 Å². The van der Waals surface area contributed by atoms with Crippen molar-refractivity contribution in [1.82, 2.24) is 4.98 Å². The van der Waals surface area contributed by atoms with Gasteiger partial charge < -0.3 is 10.1 Å². The smallest absolute Gasteiger partial charge is 0.145 e. The molecule has 2 unspecified atom stereocenters. The number of hydrogen-bond acceptors (Lipinski definition) is 3. The molecule has 3 nitrogen and oxygen atoms in total. The number of pyridine rings is 1. The Bertz CT molecular complexity index is 425. The third kappa shape index (κ3) is 2.44. The molecule has 1 saturated carbocycles. The van der Waals surface area contributed by atoms with Crippen molar-refractivity contribution in [2.24, 2.45) is 5.41 Å². The molecule has 1 aliphatic rings.